The number of carbonyl (C=O) groups is 1. The summed E-state index contributed by atoms with van der Waals surface area (Å²) in [6, 6.07) is 14.4. The fourth-order valence-electron chi connectivity index (χ4n) is 4.42. The van der Waals surface area contributed by atoms with E-state index < -0.39 is 0 Å². The van der Waals surface area contributed by atoms with Gasteiger partial charge < -0.3 is 15.2 Å². The summed E-state index contributed by atoms with van der Waals surface area (Å²) in [7, 11) is 2.16. The monoisotopic (exact) mass is 455 g/mol. The van der Waals surface area contributed by atoms with E-state index in [0.29, 0.717) is 23.3 Å². The van der Waals surface area contributed by atoms with Gasteiger partial charge in [-0.25, -0.2) is 9.97 Å². The number of pyridine rings is 2. The maximum atomic E-state index is 12.9. The van der Waals surface area contributed by atoms with Crippen molar-refractivity contribution in [3.63, 3.8) is 0 Å². The van der Waals surface area contributed by atoms with E-state index in [-0.39, 0.29) is 5.91 Å². The number of aryl methyl sites for hydroxylation is 1. The predicted octanol–water partition coefficient (Wildman–Crippen LogP) is 4.11. The standard InChI is InChI=1S/C26H29N7O/c1-16-14-33(15-17(2)32(16)4)24-10-9-19(12-28-24)26(34)29-20-11-21(18(3)27-13-20)25-30-22-7-5-6-8-23(22)31-25/h5-13,16-17H,14-15H2,1-4H3,(H,29,34)(H,30,31)/t16-,17+. The fraction of sp³-hybridized carbons (Fsp3) is 0.308. The molecule has 2 N–H and O–H groups in total. The van der Waals surface area contributed by atoms with Gasteiger partial charge in [-0.1, -0.05) is 12.1 Å². The quantitative estimate of drug-likeness (QED) is 0.481. The van der Waals surface area contributed by atoms with Crippen LogP contribution in [0.1, 0.15) is 29.9 Å². The molecule has 1 amide bonds. The molecular formula is C26H29N7O. The van der Waals surface area contributed by atoms with E-state index in [2.05, 4.69) is 55.9 Å². The van der Waals surface area contributed by atoms with Crippen LogP contribution in [0.25, 0.3) is 22.4 Å². The smallest absolute Gasteiger partial charge is 0.257 e. The molecule has 0 aliphatic carbocycles. The summed E-state index contributed by atoms with van der Waals surface area (Å²) < 4.78 is 0. The molecule has 8 heteroatoms. The Morgan fingerprint density at radius 2 is 1.82 bits per heavy atom. The van der Waals surface area contributed by atoms with E-state index in [0.717, 1.165) is 47.0 Å². The number of anilines is 2. The van der Waals surface area contributed by atoms with Crippen LogP contribution in [-0.2, 0) is 0 Å². The second-order valence-corrected chi connectivity index (χ2v) is 9.09. The topological polar surface area (TPSA) is 90.0 Å². The normalized spacial score (nSPS) is 18.9. The highest BCUT2D eigenvalue weighted by molar-refractivity contribution is 6.04. The van der Waals surface area contributed by atoms with Gasteiger partial charge in [0, 0.05) is 42.6 Å². The number of aromatic nitrogens is 4. The predicted molar refractivity (Wildman–Crippen MR) is 135 cm³/mol. The first-order valence-corrected chi connectivity index (χ1v) is 11.5. The number of rotatable bonds is 4. The highest BCUT2D eigenvalue weighted by Crippen LogP contribution is 2.26. The minimum Gasteiger partial charge on any atom is -0.354 e. The second kappa shape index (κ2) is 8.87. The lowest BCUT2D eigenvalue weighted by Crippen LogP contribution is -2.55. The average Bonchev–Trinajstić information content (AvgIpc) is 3.27. The van der Waals surface area contributed by atoms with Gasteiger partial charge in [0.05, 0.1) is 28.5 Å². The molecule has 1 aliphatic heterocycles. The summed E-state index contributed by atoms with van der Waals surface area (Å²) in [4.78, 5) is 34.6. The van der Waals surface area contributed by atoms with Crippen molar-refractivity contribution in [3.8, 4) is 11.4 Å². The van der Waals surface area contributed by atoms with Crippen LogP contribution in [-0.4, -0.2) is 63.0 Å². The molecule has 5 rings (SSSR count). The number of hydrogen-bond donors (Lipinski definition) is 2. The van der Waals surface area contributed by atoms with E-state index in [9.17, 15) is 4.79 Å². The van der Waals surface area contributed by atoms with E-state index in [1.54, 1.807) is 12.4 Å². The van der Waals surface area contributed by atoms with Crippen LogP contribution in [0.15, 0.2) is 54.9 Å². The maximum Gasteiger partial charge on any atom is 0.257 e. The molecule has 1 saturated heterocycles. The fourth-order valence-corrected chi connectivity index (χ4v) is 4.42. The summed E-state index contributed by atoms with van der Waals surface area (Å²) in [5.74, 6) is 1.40. The lowest BCUT2D eigenvalue weighted by molar-refractivity contribution is 0.102. The Labute approximate surface area is 199 Å². The third kappa shape index (κ3) is 4.24. The Hall–Kier alpha value is -3.78. The van der Waals surface area contributed by atoms with Crippen LogP contribution in [0.2, 0.25) is 0 Å². The van der Waals surface area contributed by atoms with Crippen molar-refractivity contribution in [2.24, 2.45) is 0 Å². The van der Waals surface area contributed by atoms with Crippen LogP contribution in [0, 0.1) is 6.92 Å². The molecule has 4 heterocycles. The number of nitrogens with zero attached hydrogens (tertiary/aromatic N) is 5. The van der Waals surface area contributed by atoms with E-state index in [4.69, 9.17) is 0 Å². The molecule has 1 aromatic carbocycles. The van der Waals surface area contributed by atoms with Crippen LogP contribution < -0.4 is 10.2 Å². The van der Waals surface area contributed by atoms with E-state index >= 15 is 0 Å². The van der Waals surface area contributed by atoms with Crippen molar-refractivity contribution >= 4 is 28.4 Å². The van der Waals surface area contributed by atoms with Gasteiger partial charge >= 0.3 is 0 Å². The van der Waals surface area contributed by atoms with Crippen LogP contribution >= 0.6 is 0 Å². The van der Waals surface area contributed by atoms with Crippen LogP contribution in [0.4, 0.5) is 11.5 Å². The molecule has 3 aromatic heterocycles. The highest BCUT2D eigenvalue weighted by Gasteiger charge is 2.27. The first-order valence-electron chi connectivity index (χ1n) is 11.5. The molecule has 0 bridgehead atoms. The third-order valence-electron chi connectivity index (χ3n) is 6.68. The van der Waals surface area contributed by atoms with Crippen molar-refractivity contribution in [2.75, 3.05) is 30.4 Å². The number of H-pyrrole nitrogens is 1. The Morgan fingerprint density at radius 3 is 2.53 bits per heavy atom. The molecule has 174 valence electrons. The number of para-hydroxylation sites is 2. The first-order chi connectivity index (χ1) is 16.4. The molecule has 0 unspecified atom stereocenters. The molecule has 34 heavy (non-hydrogen) atoms. The van der Waals surface area contributed by atoms with Gasteiger partial charge in [-0.05, 0) is 58.2 Å². The van der Waals surface area contributed by atoms with Crippen molar-refractivity contribution in [3.05, 3.63) is 66.1 Å². The molecule has 2 atom stereocenters. The Morgan fingerprint density at radius 1 is 1.06 bits per heavy atom. The van der Waals surface area contributed by atoms with Gasteiger partial charge in [0.25, 0.3) is 5.91 Å². The maximum absolute atomic E-state index is 12.9. The number of fused-ring (bicyclic) bond motifs is 1. The van der Waals surface area contributed by atoms with Crippen LogP contribution in [0.3, 0.4) is 0 Å². The summed E-state index contributed by atoms with van der Waals surface area (Å²) in [6.07, 6.45) is 3.30. The summed E-state index contributed by atoms with van der Waals surface area (Å²) in [6.45, 7) is 8.20. The number of hydrogen-bond acceptors (Lipinski definition) is 6. The zero-order chi connectivity index (χ0) is 23.8. The molecule has 1 aliphatic rings. The number of aromatic amines is 1. The van der Waals surface area contributed by atoms with Gasteiger partial charge in [0.2, 0.25) is 0 Å². The Kier molecular flexibility index (Phi) is 5.75. The van der Waals surface area contributed by atoms with Crippen molar-refractivity contribution < 1.29 is 4.79 Å². The number of amides is 1. The summed E-state index contributed by atoms with van der Waals surface area (Å²) >= 11 is 0. The van der Waals surface area contributed by atoms with E-state index in [1.165, 1.54) is 0 Å². The lowest BCUT2D eigenvalue weighted by Gasteiger charge is -2.43. The van der Waals surface area contributed by atoms with Gasteiger partial charge in [0.1, 0.15) is 11.6 Å². The molecule has 1 fully saturated rings. The minimum absolute atomic E-state index is 0.222. The molecule has 0 radical (unpaired) electrons. The molecule has 0 spiro atoms. The molecule has 4 aromatic rings. The van der Waals surface area contributed by atoms with Crippen LogP contribution in [0.5, 0.6) is 0 Å². The first kappa shape index (κ1) is 22.0. The van der Waals surface area contributed by atoms with Gasteiger partial charge in [0.15, 0.2) is 0 Å². The number of benzene rings is 1. The number of nitrogens with one attached hydrogen (secondary N) is 2. The number of carbonyl (C=O) groups excluding carboxylic acids is 1. The zero-order valence-corrected chi connectivity index (χ0v) is 19.9. The van der Waals surface area contributed by atoms with Crippen molar-refractivity contribution in [1.82, 2.24) is 24.8 Å². The van der Waals surface area contributed by atoms with Gasteiger partial charge in [-0.3, -0.25) is 14.7 Å². The number of likely N-dealkylation sites (N-methyl/N-ethyl adjacent to an activating group) is 1. The molecule has 8 nitrogen and oxygen atoms in total. The molecule has 0 saturated carbocycles. The number of piperazine rings is 1. The summed E-state index contributed by atoms with van der Waals surface area (Å²) in [5.41, 5.74) is 4.64. The van der Waals surface area contributed by atoms with Gasteiger partial charge in [-0.15, -0.1) is 0 Å². The molecular weight excluding hydrogens is 426 g/mol. The van der Waals surface area contributed by atoms with Crippen molar-refractivity contribution in [2.45, 2.75) is 32.9 Å². The van der Waals surface area contributed by atoms with Crippen molar-refractivity contribution in [1.29, 1.82) is 0 Å². The average molecular weight is 456 g/mol. The lowest BCUT2D eigenvalue weighted by atomic mass is 10.1. The minimum atomic E-state index is -0.222. The highest BCUT2D eigenvalue weighted by atomic mass is 16.1. The SMILES string of the molecule is Cc1ncc(NC(=O)c2ccc(N3C[C@@H](C)N(C)[C@@H](C)C3)nc2)cc1-c1nc2ccccc2[nH]1. The zero-order valence-electron chi connectivity index (χ0n) is 19.9. The largest absolute Gasteiger partial charge is 0.354 e. The summed E-state index contributed by atoms with van der Waals surface area (Å²) in [5, 5.41) is 2.94. The third-order valence-corrected chi connectivity index (χ3v) is 6.68. The Bertz CT molecular complexity index is 1290. The van der Waals surface area contributed by atoms with E-state index in [1.807, 2.05) is 49.4 Å². The number of imidazole rings is 1. The Balaban J connectivity index is 1.32. The van der Waals surface area contributed by atoms with Gasteiger partial charge in [-0.2, -0.15) is 0 Å². The second-order valence-electron chi connectivity index (χ2n) is 9.09.